The summed E-state index contributed by atoms with van der Waals surface area (Å²) in [6, 6.07) is 3.50. The number of benzene rings is 1. The fourth-order valence-electron chi connectivity index (χ4n) is 2.20. The van der Waals surface area contributed by atoms with Gasteiger partial charge in [0.05, 0.1) is 31.2 Å². The highest BCUT2D eigenvalue weighted by atomic mass is 35.5. The van der Waals surface area contributed by atoms with Crippen LogP contribution in [0.2, 0.25) is 5.02 Å². The molecule has 0 saturated carbocycles. The van der Waals surface area contributed by atoms with Gasteiger partial charge in [-0.25, -0.2) is 0 Å². The highest BCUT2D eigenvalue weighted by Gasteiger charge is 2.32. The van der Waals surface area contributed by atoms with Crippen LogP contribution in [0.25, 0.3) is 0 Å². The molecule has 1 aromatic carbocycles. The van der Waals surface area contributed by atoms with Crippen LogP contribution in [0.1, 0.15) is 26.2 Å². The summed E-state index contributed by atoms with van der Waals surface area (Å²) in [5.41, 5.74) is 0.764. The highest BCUT2D eigenvalue weighted by molar-refractivity contribution is 8.13. The van der Waals surface area contributed by atoms with Crippen LogP contribution in [0.15, 0.2) is 12.1 Å². The van der Waals surface area contributed by atoms with E-state index in [1.165, 1.54) is 23.7 Å². The van der Waals surface area contributed by atoms with Crippen LogP contribution in [0.5, 0.6) is 11.5 Å². The first-order valence-electron chi connectivity index (χ1n) is 7.71. The smallest absolute Gasteiger partial charge is 0.209 e. The van der Waals surface area contributed by atoms with E-state index in [1.54, 1.807) is 26.4 Å². The zero-order chi connectivity index (χ0) is 18.2. The number of hydrogen-bond acceptors (Lipinski definition) is 6. The van der Waals surface area contributed by atoms with Crippen LogP contribution in [-0.4, -0.2) is 37.9 Å². The van der Waals surface area contributed by atoms with Gasteiger partial charge in [-0.2, -0.15) is 9.84 Å². The van der Waals surface area contributed by atoms with Crippen molar-refractivity contribution < 1.29 is 14.3 Å². The Morgan fingerprint density at radius 1 is 1.29 bits per heavy atom. The second-order valence-electron chi connectivity index (χ2n) is 5.18. The van der Waals surface area contributed by atoms with Gasteiger partial charge in [-0.05, 0) is 6.42 Å². The minimum absolute atomic E-state index is 0.0857. The first-order chi connectivity index (χ1) is 11.4. The summed E-state index contributed by atoms with van der Waals surface area (Å²) in [6.07, 6.45) is 4.13. The number of thioether (sulfide) groups is 1. The lowest BCUT2D eigenvalue weighted by Gasteiger charge is -2.29. The van der Waals surface area contributed by atoms with Gasteiger partial charge in [0.15, 0.2) is 10.9 Å². The quantitative estimate of drug-likeness (QED) is 0.277. The number of quaternary nitrogens is 1. The number of nitrogens with two attached hydrogens (primary N) is 1. The van der Waals surface area contributed by atoms with Crippen LogP contribution in [0, 0.1) is 0 Å². The third-order valence-corrected chi connectivity index (χ3v) is 5.99. The Morgan fingerprint density at radius 3 is 2.50 bits per heavy atom. The average molecular weight is 394 g/mol. The van der Waals surface area contributed by atoms with Crippen LogP contribution in [0.3, 0.4) is 0 Å². The van der Waals surface area contributed by atoms with Crippen molar-refractivity contribution in [3.8, 4) is 11.5 Å². The van der Waals surface area contributed by atoms with E-state index in [0.717, 1.165) is 17.9 Å². The third kappa shape index (κ3) is 5.74. The summed E-state index contributed by atoms with van der Waals surface area (Å²) in [6.45, 7) is 2.66. The number of nitrogens with zero attached hydrogens (tertiary/aromatic N) is 1. The maximum Gasteiger partial charge on any atom is 0.209 e. The van der Waals surface area contributed by atoms with E-state index >= 15 is 0 Å². The number of rotatable bonds is 10. The molecule has 0 heterocycles. The summed E-state index contributed by atoms with van der Waals surface area (Å²) < 4.78 is 10.8. The number of ether oxygens (including phenoxy) is 2. The Morgan fingerprint density at radius 2 is 1.96 bits per heavy atom. The molecule has 1 rings (SSSR count). The van der Waals surface area contributed by atoms with Crippen molar-refractivity contribution in [1.29, 1.82) is 0 Å². The lowest BCUT2D eigenvalue weighted by Crippen LogP contribution is -2.50. The van der Waals surface area contributed by atoms with Crippen molar-refractivity contribution in [2.24, 2.45) is 5.84 Å². The molecule has 0 saturated heterocycles. The van der Waals surface area contributed by atoms with Gasteiger partial charge < -0.3 is 9.47 Å². The molecule has 0 aliphatic heterocycles. The van der Waals surface area contributed by atoms with Gasteiger partial charge in [-0.1, -0.05) is 30.3 Å². The van der Waals surface area contributed by atoms with E-state index in [4.69, 9.17) is 26.9 Å². The molecule has 1 aromatic rings. The number of hydrogen-bond donors (Lipinski definition) is 1. The Hall–Kier alpha value is -0.600. The first-order valence-corrected chi connectivity index (χ1v) is 10.3. The van der Waals surface area contributed by atoms with E-state index in [0.29, 0.717) is 35.9 Å². The monoisotopic (exact) mass is 393 g/mol. The second-order valence-corrected chi connectivity index (χ2v) is 7.76. The number of halogens is 1. The molecule has 136 valence electrons. The van der Waals surface area contributed by atoms with Gasteiger partial charge in [0.2, 0.25) is 5.69 Å². The Labute approximate surface area is 157 Å². The van der Waals surface area contributed by atoms with Gasteiger partial charge in [-0.3, -0.25) is 4.79 Å². The lowest BCUT2D eigenvalue weighted by molar-refractivity contribution is -0.111. The Bertz CT molecular complexity index is 560. The molecule has 0 spiro atoms. The molecular formula is C16H26ClN2O3S2+. The summed E-state index contributed by atoms with van der Waals surface area (Å²) >= 11 is 9.02. The topological polar surface area (TPSA) is 61.6 Å². The molecule has 0 aliphatic carbocycles. The van der Waals surface area contributed by atoms with Crippen molar-refractivity contribution in [1.82, 2.24) is 4.00 Å². The maximum atomic E-state index is 11.8. The molecule has 1 atom stereocenters. The number of methoxy groups -OCH3 is 2. The largest absolute Gasteiger partial charge is 0.495 e. The highest BCUT2D eigenvalue weighted by Crippen LogP contribution is 2.42. The summed E-state index contributed by atoms with van der Waals surface area (Å²) in [7, 11) is 3.14. The zero-order valence-electron chi connectivity index (χ0n) is 14.6. The molecule has 5 nitrogen and oxygen atoms in total. The predicted molar refractivity (Wildman–Crippen MR) is 106 cm³/mol. The van der Waals surface area contributed by atoms with Gasteiger partial charge in [0, 0.05) is 37.0 Å². The fraction of sp³-hybridized carbons (Fsp3) is 0.562. The first kappa shape index (κ1) is 21.4. The van der Waals surface area contributed by atoms with E-state index in [2.05, 4.69) is 6.92 Å². The molecule has 2 N–H and O–H groups in total. The van der Waals surface area contributed by atoms with Gasteiger partial charge in [0.1, 0.15) is 12.3 Å². The maximum absolute atomic E-state index is 11.8. The van der Waals surface area contributed by atoms with Gasteiger partial charge in [-0.15, -0.1) is 0 Å². The molecule has 0 aromatic heterocycles. The van der Waals surface area contributed by atoms with Gasteiger partial charge in [0.25, 0.3) is 0 Å². The van der Waals surface area contributed by atoms with Crippen molar-refractivity contribution in [3.05, 3.63) is 17.2 Å². The minimum atomic E-state index is 0.0857. The van der Waals surface area contributed by atoms with E-state index in [9.17, 15) is 4.79 Å². The third-order valence-electron chi connectivity index (χ3n) is 3.53. The van der Waals surface area contributed by atoms with E-state index in [1.807, 2.05) is 6.26 Å². The van der Waals surface area contributed by atoms with Crippen LogP contribution < -0.4 is 19.3 Å². The Kier molecular flexibility index (Phi) is 9.30. The molecule has 24 heavy (non-hydrogen) atoms. The molecule has 8 heteroatoms. The van der Waals surface area contributed by atoms with E-state index < -0.39 is 0 Å². The molecule has 1 unspecified atom stereocenters. The Balaban J connectivity index is 2.91. The summed E-state index contributed by atoms with van der Waals surface area (Å²) in [5, 5.41) is 0.682. The van der Waals surface area contributed by atoms with Crippen molar-refractivity contribution >= 4 is 46.1 Å². The molecule has 0 bridgehead atoms. The SMILES string of the molecule is CCCSC(=O)CCC[N+](N)(SC)c1cc(OC)c(Cl)cc1OC. The standard InChI is InChI=1S/C16H26ClN2O3S2/c1-5-9-24-16(20)7-6-8-19(18,23-4)13-11-14(21-2)12(17)10-15(13)22-3/h10-11H,5-9,18H2,1-4H3/q+1. The molecule has 0 radical (unpaired) electrons. The zero-order valence-corrected chi connectivity index (χ0v) is 17.0. The molecule has 0 fully saturated rings. The summed E-state index contributed by atoms with van der Waals surface area (Å²) in [5.74, 6) is 8.57. The van der Waals surface area contributed by atoms with Crippen LogP contribution in [0.4, 0.5) is 5.69 Å². The number of carbonyl (C=O) groups is 1. The number of carbonyl (C=O) groups excluding carboxylic acids is 1. The van der Waals surface area contributed by atoms with Crippen LogP contribution in [-0.2, 0) is 4.79 Å². The lowest BCUT2D eigenvalue weighted by atomic mass is 10.2. The van der Waals surface area contributed by atoms with Crippen LogP contribution >= 0.6 is 35.3 Å². The summed E-state index contributed by atoms with van der Waals surface area (Å²) in [4.78, 5) is 11.8. The molecule has 0 amide bonds. The molecule has 0 aliphatic rings. The van der Waals surface area contributed by atoms with Gasteiger partial charge >= 0.3 is 0 Å². The average Bonchev–Trinajstić information content (AvgIpc) is 2.59. The normalized spacial score (nSPS) is 13.4. The fourth-order valence-corrected chi connectivity index (χ4v) is 3.80. The van der Waals surface area contributed by atoms with Crippen molar-refractivity contribution in [3.63, 3.8) is 0 Å². The molecular weight excluding hydrogens is 368 g/mol. The predicted octanol–water partition coefficient (Wildman–Crippen LogP) is 4.27. The van der Waals surface area contributed by atoms with Crippen molar-refractivity contribution in [2.75, 3.05) is 32.8 Å². The minimum Gasteiger partial charge on any atom is -0.495 e. The van der Waals surface area contributed by atoms with Crippen molar-refractivity contribution in [2.45, 2.75) is 26.2 Å². The van der Waals surface area contributed by atoms with E-state index in [-0.39, 0.29) is 9.11 Å². The second kappa shape index (κ2) is 10.4.